The molecular weight excluding hydrogens is 324 g/mol. The highest BCUT2D eigenvalue weighted by Gasteiger charge is 2.12. The Hall–Kier alpha value is -3.55. The van der Waals surface area contributed by atoms with E-state index < -0.39 is 16.7 Å². The Morgan fingerprint density at radius 1 is 1.08 bits per heavy atom. The van der Waals surface area contributed by atoms with Gasteiger partial charge < -0.3 is 5.32 Å². The Morgan fingerprint density at radius 2 is 1.72 bits per heavy atom. The van der Waals surface area contributed by atoms with Crippen molar-refractivity contribution in [2.45, 2.75) is 13.3 Å². The number of nitrogens with one attached hydrogen (secondary N) is 2. The number of benzene rings is 2. The number of nitro groups is 1. The van der Waals surface area contributed by atoms with Crippen molar-refractivity contribution in [1.29, 1.82) is 0 Å². The molecular formula is C17H16N4O4. The number of nitro benzene ring substituents is 1. The molecule has 0 saturated carbocycles. The number of non-ortho nitro benzene ring substituents is 1. The van der Waals surface area contributed by atoms with Crippen LogP contribution in [0, 0.1) is 10.1 Å². The van der Waals surface area contributed by atoms with E-state index in [4.69, 9.17) is 0 Å². The summed E-state index contributed by atoms with van der Waals surface area (Å²) < 4.78 is 0. The average molecular weight is 340 g/mol. The van der Waals surface area contributed by atoms with Crippen LogP contribution in [0.2, 0.25) is 0 Å². The standard InChI is InChI=1S/C17H16N4O4/c1-2-12-3-7-14(8-4-12)19-16(22)17(23)20-18-11-13-5-9-15(10-6-13)21(24)25/h3-11H,2H2,1H3,(H,19,22)(H,20,23)/b18-11-. The minimum Gasteiger partial charge on any atom is -0.318 e. The number of hydrogen-bond acceptors (Lipinski definition) is 5. The van der Waals surface area contributed by atoms with Crippen LogP contribution in [-0.4, -0.2) is 23.0 Å². The van der Waals surface area contributed by atoms with Crippen molar-refractivity contribution in [3.63, 3.8) is 0 Å². The number of carbonyl (C=O) groups excluding carboxylic acids is 2. The van der Waals surface area contributed by atoms with Gasteiger partial charge in [0.1, 0.15) is 0 Å². The van der Waals surface area contributed by atoms with Crippen molar-refractivity contribution >= 4 is 29.4 Å². The molecule has 0 unspecified atom stereocenters. The van der Waals surface area contributed by atoms with Crippen molar-refractivity contribution in [2.24, 2.45) is 5.10 Å². The van der Waals surface area contributed by atoms with Crippen molar-refractivity contribution < 1.29 is 14.5 Å². The summed E-state index contributed by atoms with van der Waals surface area (Å²) >= 11 is 0. The molecule has 0 aliphatic carbocycles. The first-order chi connectivity index (χ1) is 12.0. The number of rotatable bonds is 5. The minimum atomic E-state index is -0.919. The molecule has 0 heterocycles. The monoisotopic (exact) mass is 340 g/mol. The molecule has 0 aliphatic heterocycles. The van der Waals surface area contributed by atoms with Crippen LogP contribution < -0.4 is 10.7 Å². The average Bonchev–Trinajstić information content (AvgIpc) is 2.62. The molecule has 0 saturated heterocycles. The molecule has 0 bridgehead atoms. The lowest BCUT2D eigenvalue weighted by atomic mass is 10.1. The van der Waals surface area contributed by atoms with Gasteiger partial charge in [-0.25, -0.2) is 5.43 Å². The highest BCUT2D eigenvalue weighted by Crippen LogP contribution is 2.11. The lowest BCUT2D eigenvalue weighted by Crippen LogP contribution is -2.32. The van der Waals surface area contributed by atoms with Crippen LogP contribution in [0.4, 0.5) is 11.4 Å². The van der Waals surface area contributed by atoms with E-state index in [2.05, 4.69) is 15.8 Å². The fourth-order valence-corrected chi connectivity index (χ4v) is 1.91. The number of aryl methyl sites for hydroxylation is 1. The predicted molar refractivity (Wildman–Crippen MR) is 93.3 cm³/mol. The third-order valence-electron chi connectivity index (χ3n) is 3.31. The van der Waals surface area contributed by atoms with Gasteiger partial charge in [-0.05, 0) is 41.8 Å². The van der Waals surface area contributed by atoms with Gasteiger partial charge >= 0.3 is 11.8 Å². The molecule has 2 N–H and O–H groups in total. The molecule has 8 nitrogen and oxygen atoms in total. The second-order valence-corrected chi connectivity index (χ2v) is 5.05. The SMILES string of the molecule is CCc1ccc(NC(=O)C(=O)N/N=C\c2ccc([N+](=O)[O-])cc2)cc1. The van der Waals surface area contributed by atoms with E-state index in [1.807, 2.05) is 19.1 Å². The van der Waals surface area contributed by atoms with E-state index in [9.17, 15) is 19.7 Å². The van der Waals surface area contributed by atoms with Gasteiger partial charge in [0.05, 0.1) is 11.1 Å². The quantitative estimate of drug-likeness (QED) is 0.376. The van der Waals surface area contributed by atoms with E-state index in [1.54, 1.807) is 12.1 Å². The molecule has 128 valence electrons. The van der Waals surface area contributed by atoms with Gasteiger partial charge in [0.2, 0.25) is 0 Å². The maximum Gasteiger partial charge on any atom is 0.329 e. The highest BCUT2D eigenvalue weighted by molar-refractivity contribution is 6.39. The van der Waals surface area contributed by atoms with Crippen LogP contribution in [-0.2, 0) is 16.0 Å². The molecule has 2 aromatic carbocycles. The number of anilines is 1. The molecule has 0 aliphatic rings. The van der Waals surface area contributed by atoms with Gasteiger partial charge in [0.25, 0.3) is 5.69 Å². The molecule has 2 amide bonds. The number of hydrogen-bond donors (Lipinski definition) is 2. The lowest BCUT2D eigenvalue weighted by Gasteiger charge is -2.04. The van der Waals surface area contributed by atoms with E-state index in [1.165, 1.54) is 30.5 Å². The summed E-state index contributed by atoms with van der Waals surface area (Å²) in [5.41, 5.74) is 4.22. The molecule has 2 rings (SSSR count). The van der Waals surface area contributed by atoms with Crippen molar-refractivity contribution in [3.8, 4) is 0 Å². The molecule has 25 heavy (non-hydrogen) atoms. The van der Waals surface area contributed by atoms with Crippen molar-refractivity contribution in [1.82, 2.24) is 5.43 Å². The summed E-state index contributed by atoms with van der Waals surface area (Å²) in [7, 11) is 0. The van der Waals surface area contributed by atoms with Crippen LogP contribution in [0.15, 0.2) is 53.6 Å². The van der Waals surface area contributed by atoms with Crippen LogP contribution in [0.3, 0.4) is 0 Å². The van der Waals surface area contributed by atoms with Crippen LogP contribution in [0.1, 0.15) is 18.1 Å². The third kappa shape index (κ3) is 5.24. The number of carbonyl (C=O) groups is 2. The van der Waals surface area contributed by atoms with Gasteiger partial charge in [-0.1, -0.05) is 19.1 Å². The summed E-state index contributed by atoms with van der Waals surface area (Å²) in [5, 5.41) is 16.7. The van der Waals surface area contributed by atoms with Crippen LogP contribution >= 0.6 is 0 Å². The molecule has 0 aromatic heterocycles. The second kappa shape index (κ2) is 8.34. The van der Waals surface area contributed by atoms with Gasteiger partial charge in [0, 0.05) is 17.8 Å². The van der Waals surface area contributed by atoms with Crippen molar-refractivity contribution in [2.75, 3.05) is 5.32 Å². The predicted octanol–water partition coefficient (Wildman–Crippen LogP) is 2.25. The zero-order chi connectivity index (χ0) is 18.2. The zero-order valence-electron chi connectivity index (χ0n) is 13.4. The molecule has 8 heteroatoms. The molecule has 0 atom stereocenters. The minimum absolute atomic E-state index is 0.0466. The number of hydrazone groups is 1. The molecule has 0 radical (unpaired) electrons. The Labute approximate surface area is 143 Å². The summed E-state index contributed by atoms with van der Waals surface area (Å²) in [6.07, 6.45) is 2.16. The lowest BCUT2D eigenvalue weighted by molar-refractivity contribution is -0.384. The second-order valence-electron chi connectivity index (χ2n) is 5.05. The van der Waals surface area contributed by atoms with E-state index in [-0.39, 0.29) is 5.69 Å². The van der Waals surface area contributed by atoms with Gasteiger partial charge in [-0.15, -0.1) is 0 Å². The van der Waals surface area contributed by atoms with E-state index in [0.717, 1.165) is 12.0 Å². The normalized spacial score (nSPS) is 10.4. The van der Waals surface area contributed by atoms with Gasteiger partial charge in [-0.3, -0.25) is 19.7 Å². The summed E-state index contributed by atoms with van der Waals surface area (Å²) in [4.78, 5) is 33.5. The number of amides is 2. The largest absolute Gasteiger partial charge is 0.329 e. The molecule has 0 fully saturated rings. The van der Waals surface area contributed by atoms with Gasteiger partial charge in [-0.2, -0.15) is 5.10 Å². The first-order valence-corrected chi connectivity index (χ1v) is 7.47. The fourth-order valence-electron chi connectivity index (χ4n) is 1.91. The van der Waals surface area contributed by atoms with E-state index >= 15 is 0 Å². The Morgan fingerprint density at radius 3 is 2.28 bits per heavy atom. The number of nitrogens with zero attached hydrogens (tertiary/aromatic N) is 2. The molecule has 0 spiro atoms. The maximum atomic E-state index is 11.8. The summed E-state index contributed by atoms with van der Waals surface area (Å²) in [6, 6.07) is 12.7. The summed E-state index contributed by atoms with van der Waals surface area (Å²) in [5.74, 6) is -1.76. The fraction of sp³-hybridized carbons (Fsp3) is 0.118. The Kier molecular flexibility index (Phi) is 5.94. The van der Waals surface area contributed by atoms with E-state index in [0.29, 0.717) is 11.3 Å². The smallest absolute Gasteiger partial charge is 0.318 e. The maximum absolute atomic E-state index is 11.8. The Bertz CT molecular complexity index is 798. The van der Waals surface area contributed by atoms with Crippen molar-refractivity contribution in [3.05, 3.63) is 69.8 Å². The molecule has 2 aromatic rings. The first kappa shape index (κ1) is 17.8. The highest BCUT2D eigenvalue weighted by atomic mass is 16.6. The van der Waals surface area contributed by atoms with Gasteiger partial charge in [0.15, 0.2) is 0 Å². The topological polar surface area (TPSA) is 114 Å². The third-order valence-corrected chi connectivity index (χ3v) is 3.31. The zero-order valence-corrected chi connectivity index (χ0v) is 13.4. The first-order valence-electron chi connectivity index (χ1n) is 7.47. The summed E-state index contributed by atoms with van der Waals surface area (Å²) in [6.45, 7) is 2.02. The van der Waals surface area contributed by atoms with Crippen LogP contribution in [0.25, 0.3) is 0 Å². The van der Waals surface area contributed by atoms with Crippen LogP contribution in [0.5, 0.6) is 0 Å². The Balaban J connectivity index is 1.87.